The Balaban J connectivity index is 2.12. The minimum atomic E-state index is -0.638. The molecule has 0 saturated carbocycles. The number of carbonyl (C=O) groups is 2. The monoisotopic (exact) mass is 402 g/mol. The molecular weight excluding hydrogens is 376 g/mol. The number of amides is 2. The molecule has 2 rings (SSSR count). The molecule has 2 aromatic rings. The molecule has 0 spiro atoms. The molecule has 0 fully saturated rings. The van der Waals surface area contributed by atoms with Gasteiger partial charge in [-0.25, -0.2) is 0 Å². The Kier molecular flexibility index (Phi) is 7.46. The minimum absolute atomic E-state index is 0.165. The zero-order valence-electron chi connectivity index (χ0n) is 16.7. The zero-order valence-corrected chi connectivity index (χ0v) is 17.5. The van der Waals surface area contributed by atoms with Crippen LogP contribution in [0.4, 0.5) is 0 Å². The number of halogens is 1. The van der Waals surface area contributed by atoms with Crippen LogP contribution in [0.25, 0.3) is 0 Å². The number of nitrogens with zero attached hydrogens (tertiary/aromatic N) is 1. The van der Waals surface area contributed by atoms with E-state index in [1.54, 1.807) is 31.2 Å². The van der Waals surface area contributed by atoms with Crippen molar-refractivity contribution in [3.05, 3.63) is 65.2 Å². The van der Waals surface area contributed by atoms with Crippen molar-refractivity contribution >= 4 is 23.4 Å². The fraction of sp³-hybridized carbons (Fsp3) is 0.364. The molecule has 0 aromatic heterocycles. The van der Waals surface area contributed by atoms with Crippen LogP contribution in [0.2, 0.25) is 5.02 Å². The van der Waals surface area contributed by atoms with Crippen LogP contribution >= 0.6 is 11.6 Å². The second-order valence-corrected chi connectivity index (χ2v) is 8.10. The van der Waals surface area contributed by atoms with E-state index in [1.807, 2.05) is 51.1 Å². The maximum atomic E-state index is 12.9. The van der Waals surface area contributed by atoms with Gasteiger partial charge in [-0.3, -0.25) is 9.59 Å². The van der Waals surface area contributed by atoms with Gasteiger partial charge >= 0.3 is 0 Å². The van der Waals surface area contributed by atoms with E-state index < -0.39 is 6.04 Å². The van der Waals surface area contributed by atoms with Gasteiger partial charge in [-0.2, -0.15) is 0 Å². The third-order valence-electron chi connectivity index (χ3n) is 4.04. The van der Waals surface area contributed by atoms with Gasteiger partial charge in [-0.05, 0) is 57.5 Å². The molecule has 0 radical (unpaired) electrons. The van der Waals surface area contributed by atoms with E-state index in [-0.39, 0.29) is 24.0 Å². The van der Waals surface area contributed by atoms with E-state index in [1.165, 1.54) is 4.90 Å². The number of hydrogen-bond acceptors (Lipinski definition) is 3. The van der Waals surface area contributed by atoms with Gasteiger partial charge in [0, 0.05) is 17.1 Å². The number of benzene rings is 2. The summed E-state index contributed by atoms with van der Waals surface area (Å²) in [5, 5.41) is 3.53. The third kappa shape index (κ3) is 6.89. The lowest BCUT2D eigenvalue weighted by atomic mass is 10.1. The number of rotatable bonds is 7. The highest BCUT2D eigenvalue weighted by Crippen LogP contribution is 2.16. The lowest BCUT2D eigenvalue weighted by molar-refractivity contribution is -0.142. The van der Waals surface area contributed by atoms with Crippen LogP contribution in [-0.2, 0) is 16.1 Å². The van der Waals surface area contributed by atoms with Gasteiger partial charge in [0.05, 0.1) is 0 Å². The van der Waals surface area contributed by atoms with Crippen molar-refractivity contribution in [3.63, 3.8) is 0 Å². The maximum Gasteiger partial charge on any atom is 0.261 e. The van der Waals surface area contributed by atoms with Crippen LogP contribution < -0.4 is 10.1 Å². The van der Waals surface area contributed by atoms with Crippen molar-refractivity contribution in [2.24, 2.45) is 0 Å². The second kappa shape index (κ2) is 9.60. The van der Waals surface area contributed by atoms with Crippen LogP contribution in [0, 0.1) is 0 Å². The topological polar surface area (TPSA) is 58.6 Å². The average molecular weight is 403 g/mol. The Hall–Kier alpha value is -2.53. The summed E-state index contributed by atoms with van der Waals surface area (Å²) in [5.41, 5.74) is 0.560. The molecule has 0 aliphatic carbocycles. The molecule has 150 valence electrons. The van der Waals surface area contributed by atoms with Gasteiger partial charge in [-0.1, -0.05) is 41.9 Å². The minimum Gasteiger partial charge on any atom is -0.484 e. The van der Waals surface area contributed by atoms with Crippen molar-refractivity contribution in [1.29, 1.82) is 0 Å². The number of ether oxygens (including phenoxy) is 1. The molecule has 5 nitrogen and oxygen atoms in total. The lowest BCUT2D eigenvalue weighted by Crippen LogP contribution is -2.53. The summed E-state index contributed by atoms with van der Waals surface area (Å²) in [7, 11) is 0. The Morgan fingerprint density at radius 2 is 1.68 bits per heavy atom. The lowest BCUT2D eigenvalue weighted by Gasteiger charge is -2.31. The molecule has 0 aliphatic rings. The van der Waals surface area contributed by atoms with Crippen molar-refractivity contribution in [3.8, 4) is 5.75 Å². The van der Waals surface area contributed by atoms with Crippen LogP contribution in [0.15, 0.2) is 54.6 Å². The van der Waals surface area contributed by atoms with Gasteiger partial charge in [0.25, 0.3) is 5.91 Å². The quantitative estimate of drug-likeness (QED) is 0.760. The first-order valence-corrected chi connectivity index (χ1v) is 9.57. The van der Waals surface area contributed by atoms with Crippen molar-refractivity contribution in [2.45, 2.75) is 45.8 Å². The van der Waals surface area contributed by atoms with Crippen LogP contribution in [-0.4, -0.2) is 34.9 Å². The summed E-state index contributed by atoms with van der Waals surface area (Å²) in [6.45, 7) is 7.61. The summed E-state index contributed by atoms with van der Waals surface area (Å²) >= 11 is 5.87. The summed E-state index contributed by atoms with van der Waals surface area (Å²) in [6.07, 6.45) is 0. The maximum absolute atomic E-state index is 12.9. The largest absolute Gasteiger partial charge is 0.484 e. The molecular formula is C22H27ClN2O3. The molecule has 28 heavy (non-hydrogen) atoms. The molecule has 1 atom stereocenters. The predicted octanol–water partition coefficient (Wildman–Crippen LogP) is 4.05. The van der Waals surface area contributed by atoms with E-state index in [0.717, 1.165) is 5.56 Å². The molecule has 0 heterocycles. The van der Waals surface area contributed by atoms with Crippen molar-refractivity contribution in [2.75, 3.05) is 6.61 Å². The molecule has 0 unspecified atom stereocenters. The van der Waals surface area contributed by atoms with E-state index in [4.69, 9.17) is 16.3 Å². The van der Waals surface area contributed by atoms with Crippen molar-refractivity contribution in [1.82, 2.24) is 10.2 Å². The summed E-state index contributed by atoms with van der Waals surface area (Å²) in [6, 6.07) is 15.7. The van der Waals surface area contributed by atoms with E-state index in [2.05, 4.69) is 5.32 Å². The fourth-order valence-corrected chi connectivity index (χ4v) is 2.72. The first kappa shape index (κ1) is 21.8. The molecule has 2 aromatic carbocycles. The molecule has 6 heteroatoms. The number of nitrogens with one attached hydrogen (secondary N) is 1. The SMILES string of the molecule is C[C@H](C(=O)NC(C)(C)C)N(Cc1ccccc1)C(=O)COc1ccc(Cl)cc1. The highest BCUT2D eigenvalue weighted by molar-refractivity contribution is 6.30. The summed E-state index contributed by atoms with van der Waals surface area (Å²) < 4.78 is 5.59. The highest BCUT2D eigenvalue weighted by atomic mass is 35.5. The van der Waals surface area contributed by atoms with Crippen molar-refractivity contribution < 1.29 is 14.3 Å². The van der Waals surface area contributed by atoms with Crippen LogP contribution in [0.5, 0.6) is 5.75 Å². The molecule has 1 N–H and O–H groups in total. The Bertz CT molecular complexity index is 786. The van der Waals surface area contributed by atoms with E-state index in [0.29, 0.717) is 17.3 Å². The Morgan fingerprint density at radius 1 is 1.07 bits per heavy atom. The van der Waals surface area contributed by atoms with Crippen LogP contribution in [0.1, 0.15) is 33.3 Å². The van der Waals surface area contributed by atoms with Gasteiger partial charge < -0.3 is 15.0 Å². The third-order valence-corrected chi connectivity index (χ3v) is 4.29. The van der Waals surface area contributed by atoms with Gasteiger partial charge in [0.15, 0.2) is 6.61 Å². The van der Waals surface area contributed by atoms with E-state index >= 15 is 0 Å². The molecule has 0 bridgehead atoms. The molecule has 0 saturated heterocycles. The first-order chi connectivity index (χ1) is 13.2. The van der Waals surface area contributed by atoms with Gasteiger partial charge in [0.2, 0.25) is 5.91 Å². The fourth-order valence-electron chi connectivity index (χ4n) is 2.60. The Morgan fingerprint density at radius 3 is 2.25 bits per heavy atom. The number of carbonyl (C=O) groups excluding carboxylic acids is 2. The zero-order chi connectivity index (χ0) is 20.7. The predicted molar refractivity (Wildman–Crippen MR) is 111 cm³/mol. The summed E-state index contributed by atoms with van der Waals surface area (Å²) in [5.74, 6) is 0.0721. The average Bonchev–Trinajstić information content (AvgIpc) is 2.64. The second-order valence-electron chi connectivity index (χ2n) is 7.67. The summed E-state index contributed by atoms with van der Waals surface area (Å²) in [4.78, 5) is 27.1. The first-order valence-electron chi connectivity index (χ1n) is 9.19. The molecule has 0 aliphatic heterocycles. The standard InChI is InChI=1S/C22H27ClN2O3/c1-16(21(27)24-22(2,3)4)25(14-17-8-6-5-7-9-17)20(26)15-28-19-12-10-18(23)11-13-19/h5-13,16H,14-15H2,1-4H3,(H,24,27)/t16-/m1/s1. The highest BCUT2D eigenvalue weighted by Gasteiger charge is 2.28. The molecule has 2 amide bonds. The number of hydrogen-bond donors (Lipinski definition) is 1. The Labute approximate surface area is 171 Å². The smallest absolute Gasteiger partial charge is 0.261 e. The van der Waals surface area contributed by atoms with Gasteiger partial charge in [0.1, 0.15) is 11.8 Å². The van der Waals surface area contributed by atoms with Crippen LogP contribution in [0.3, 0.4) is 0 Å². The normalized spacial score (nSPS) is 12.2. The van der Waals surface area contributed by atoms with E-state index in [9.17, 15) is 9.59 Å². The van der Waals surface area contributed by atoms with Gasteiger partial charge in [-0.15, -0.1) is 0 Å².